The van der Waals surface area contributed by atoms with Crippen LogP contribution in [0.4, 0.5) is 0 Å². The molecule has 1 aliphatic rings. The number of aliphatic imine (C=N–C) groups is 1. The van der Waals surface area contributed by atoms with Crippen LogP contribution in [0, 0.1) is 0 Å². The second-order valence-corrected chi connectivity index (χ2v) is 8.17. The van der Waals surface area contributed by atoms with Gasteiger partial charge in [-0.25, -0.2) is 9.79 Å². The maximum atomic E-state index is 13.1. The maximum absolute atomic E-state index is 13.1. The van der Waals surface area contributed by atoms with E-state index < -0.39 is 17.6 Å². The number of nitrogens with zero attached hydrogens (tertiary/aromatic N) is 2. The lowest BCUT2D eigenvalue weighted by atomic mass is 9.80. The van der Waals surface area contributed by atoms with Gasteiger partial charge < -0.3 is 10.0 Å². The summed E-state index contributed by atoms with van der Waals surface area (Å²) < 4.78 is 0. The first kappa shape index (κ1) is 20.7. The van der Waals surface area contributed by atoms with Crippen LogP contribution in [0.1, 0.15) is 28.3 Å². The van der Waals surface area contributed by atoms with Gasteiger partial charge >= 0.3 is 5.97 Å². The van der Waals surface area contributed by atoms with E-state index in [0.29, 0.717) is 17.9 Å². The van der Waals surface area contributed by atoms with Crippen molar-refractivity contribution < 1.29 is 9.90 Å². The molecule has 0 fully saturated rings. The monoisotopic (exact) mass is 432 g/mol. The van der Waals surface area contributed by atoms with E-state index >= 15 is 0 Å². The molecular weight excluding hydrogens is 408 g/mol. The predicted molar refractivity (Wildman–Crippen MR) is 130 cm³/mol. The topological polar surface area (TPSA) is 52.9 Å². The summed E-state index contributed by atoms with van der Waals surface area (Å²) in [6.45, 7) is 0.538. The van der Waals surface area contributed by atoms with Crippen LogP contribution >= 0.6 is 0 Å². The third kappa shape index (κ3) is 3.70. The van der Waals surface area contributed by atoms with Crippen LogP contribution in [0.2, 0.25) is 0 Å². The standard InChI is InChI=1S/C29H24N2O2/c32-28(33)29(25-19-11-4-12-20-25)26(23-15-7-2-8-16-23)31(21-22-13-5-1-6-14-22)27(30-29)24-17-9-3-10-18-24/h1-20,26H,21H2,(H,32,33)/t26?,29-/m0/s1. The average molecular weight is 433 g/mol. The molecule has 4 heteroatoms. The lowest BCUT2D eigenvalue weighted by molar-refractivity contribution is -0.145. The van der Waals surface area contributed by atoms with E-state index in [9.17, 15) is 9.90 Å². The predicted octanol–water partition coefficient (Wildman–Crippen LogP) is 5.67. The summed E-state index contributed by atoms with van der Waals surface area (Å²) in [5, 5.41) is 10.8. The van der Waals surface area contributed by atoms with Gasteiger partial charge in [0.15, 0.2) is 0 Å². The molecule has 2 atom stereocenters. The van der Waals surface area contributed by atoms with E-state index in [1.165, 1.54) is 0 Å². The Bertz CT molecular complexity index is 1260. The highest BCUT2D eigenvalue weighted by molar-refractivity contribution is 6.04. The van der Waals surface area contributed by atoms with Crippen LogP contribution in [0.5, 0.6) is 0 Å². The Kier molecular flexibility index (Phi) is 5.49. The van der Waals surface area contributed by atoms with Crippen molar-refractivity contribution in [3.05, 3.63) is 144 Å². The van der Waals surface area contributed by atoms with Gasteiger partial charge in [0.25, 0.3) is 0 Å². The molecule has 0 saturated carbocycles. The van der Waals surface area contributed by atoms with Gasteiger partial charge in [-0.2, -0.15) is 0 Å². The Morgan fingerprint density at radius 1 is 0.758 bits per heavy atom. The van der Waals surface area contributed by atoms with E-state index in [4.69, 9.17) is 4.99 Å². The minimum atomic E-state index is -1.48. The Hall–Kier alpha value is -4.18. The number of rotatable bonds is 6. The molecule has 1 unspecified atom stereocenters. The first-order chi connectivity index (χ1) is 16.2. The molecule has 33 heavy (non-hydrogen) atoms. The molecule has 162 valence electrons. The van der Waals surface area contributed by atoms with Crippen molar-refractivity contribution in [1.82, 2.24) is 4.90 Å². The Morgan fingerprint density at radius 3 is 1.85 bits per heavy atom. The number of hydrogen-bond donors (Lipinski definition) is 1. The lowest BCUT2D eigenvalue weighted by Crippen LogP contribution is -2.43. The van der Waals surface area contributed by atoms with Crippen LogP contribution in [0.15, 0.2) is 126 Å². The maximum Gasteiger partial charge on any atom is 0.338 e. The molecular formula is C29H24N2O2. The van der Waals surface area contributed by atoms with Crippen LogP contribution in [0.3, 0.4) is 0 Å². The third-order valence-corrected chi connectivity index (χ3v) is 6.14. The fraction of sp³-hybridized carbons (Fsp3) is 0.103. The quantitative estimate of drug-likeness (QED) is 0.427. The normalized spacial score (nSPS) is 19.8. The van der Waals surface area contributed by atoms with Gasteiger partial charge in [-0.3, -0.25) is 0 Å². The number of amidine groups is 1. The van der Waals surface area contributed by atoms with E-state index in [0.717, 1.165) is 16.7 Å². The van der Waals surface area contributed by atoms with Crippen molar-refractivity contribution in [2.75, 3.05) is 0 Å². The van der Waals surface area contributed by atoms with Crippen molar-refractivity contribution in [1.29, 1.82) is 0 Å². The summed E-state index contributed by atoms with van der Waals surface area (Å²) in [7, 11) is 0. The molecule has 0 radical (unpaired) electrons. The molecule has 1 heterocycles. The second kappa shape index (κ2) is 8.75. The first-order valence-corrected chi connectivity index (χ1v) is 11.0. The number of carboxylic acids is 1. The van der Waals surface area contributed by atoms with Gasteiger partial charge in [-0.05, 0) is 16.7 Å². The summed E-state index contributed by atoms with van der Waals surface area (Å²) in [6.07, 6.45) is 0. The molecule has 1 aliphatic heterocycles. The second-order valence-electron chi connectivity index (χ2n) is 8.17. The highest BCUT2D eigenvalue weighted by atomic mass is 16.4. The molecule has 0 bridgehead atoms. The summed E-state index contributed by atoms with van der Waals surface area (Å²) >= 11 is 0. The zero-order valence-electron chi connectivity index (χ0n) is 18.1. The molecule has 4 aromatic carbocycles. The SMILES string of the molecule is O=C(O)[C@@]1(c2ccccc2)N=C(c2ccccc2)N(Cc2ccccc2)C1c1ccccc1. The van der Waals surface area contributed by atoms with E-state index in [1.807, 2.05) is 109 Å². The smallest absolute Gasteiger partial charge is 0.338 e. The van der Waals surface area contributed by atoms with Gasteiger partial charge in [0, 0.05) is 12.1 Å². The number of benzene rings is 4. The van der Waals surface area contributed by atoms with E-state index in [-0.39, 0.29) is 0 Å². The van der Waals surface area contributed by atoms with Crippen LogP contribution in [0.25, 0.3) is 0 Å². The van der Waals surface area contributed by atoms with E-state index in [1.54, 1.807) is 0 Å². The molecule has 4 nitrogen and oxygen atoms in total. The van der Waals surface area contributed by atoms with Crippen molar-refractivity contribution >= 4 is 11.8 Å². The summed E-state index contributed by atoms with van der Waals surface area (Å²) in [6, 6.07) is 38.7. The number of carbonyl (C=O) groups is 1. The molecule has 5 rings (SSSR count). The summed E-state index contributed by atoms with van der Waals surface area (Å²) in [5.74, 6) is -0.286. The van der Waals surface area contributed by atoms with Gasteiger partial charge in [0.2, 0.25) is 5.54 Å². The zero-order valence-corrected chi connectivity index (χ0v) is 18.1. The molecule has 1 N–H and O–H groups in total. The molecule has 0 aliphatic carbocycles. The number of hydrogen-bond acceptors (Lipinski definition) is 3. The van der Waals surface area contributed by atoms with Gasteiger partial charge in [-0.15, -0.1) is 0 Å². The molecule has 4 aromatic rings. The van der Waals surface area contributed by atoms with Crippen molar-refractivity contribution in [2.24, 2.45) is 4.99 Å². The first-order valence-electron chi connectivity index (χ1n) is 11.0. The molecule has 0 spiro atoms. The Labute approximate surface area is 193 Å². The third-order valence-electron chi connectivity index (χ3n) is 6.14. The van der Waals surface area contributed by atoms with Crippen LogP contribution < -0.4 is 0 Å². The van der Waals surface area contributed by atoms with Crippen molar-refractivity contribution in [3.63, 3.8) is 0 Å². The van der Waals surface area contributed by atoms with Gasteiger partial charge in [0.05, 0.1) is 6.04 Å². The number of aliphatic carboxylic acids is 1. The molecule has 0 saturated heterocycles. The lowest BCUT2D eigenvalue weighted by Gasteiger charge is -2.36. The largest absolute Gasteiger partial charge is 0.479 e. The highest BCUT2D eigenvalue weighted by Gasteiger charge is 2.56. The fourth-order valence-electron chi connectivity index (χ4n) is 4.66. The fourth-order valence-corrected chi connectivity index (χ4v) is 4.66. The van der Waals surface area contributed by atoms with Gasteiger partial charge in [-0.1, -0.05) is 121 Å². The minimum absolute atomic E-state index is 0.519. The number of carboxylic acid groups (broad SMARTS) is 1. The Balaban J connectivity index is 1.78. The molecule has 0 aromatic heterocycles. The van der Waals surface area contributed by atoms with Crippen molar-refractivity contribution in [3.8, 4) is 0 Å². The summed E-state index contributed by atoms with van der Waals surface area (Å²) in [4.78, 5) is 20.3. The highest BCUT2D eigenvalue weighted by Crippen LogP contribution is 2.49. The molecule has 0 amide bonds. The summed E-state index contributed by atoms with van der Waals surface area (Å²) in [5.41, 5.74) is 2.08. The zero-order chi connectivity index (χ0) is 22.7. The average Bonchev–Trinajstić information content (AvgIpc) is 3.22. The van der Waals surface area contributed by atoms with E-state index in [2.05, 4.69) is 17.0 Å². The van der Waals surface area contributed by atoms with Gasteiger partial charge in [0.1, 0.15) is 5.84 Å². The van der Waals surface area contributed by atoms with Crippen molar-refractivity contribution in [2.45, 2.75) is 18.1 Å². The Morgan fingerprint density at radius 2 is 1.27 bits per heavy atom. The minimum Gasteiger partial charge on any atom is -0.479 e. The van der Waals surface area contributed by atoms with Crippen LogP contribution in [-0.4, -0.2) is 21.8 Å². The van der Waals surface area contributed by atoms with Crippen LogP contribution in [-0.2, 0) is 16.9 Å².